The number of rotatable bonds is 4. The highest BCUT2D eigenvalue weighted by molar-refractivity contribution is 6.12. The van der Waals surface area contributed by atoms with Gasteiger partial charge in [0.1, 0.15) is 0 Å². The van der Waals surface area contributed by atoms with Crippen molar-refractivity contribution in [2.24, 2.45) is 0 Å². The Morgan fingerprint density at radius 2 is 1.00 bits per heavy atom. The third-order valence-electron chi connectivity index (χ3n) is 6.01. The molecule has 0 radical (unpaired) electrons. The normalized spacial score (nSPS) is 11.1. The topological polar surface area (TPSA) is 19.0 Å². The van der Waals surface area contributed by atoms with Crippen LogP contribution in [0.4, 0.5) is 17.1 Å². The Labute approximate surface area is 187 Å². The molecule has 0 amide bonds. The number of hydrogen-bond acceptors (Lipinski definition) is 1. The SMILES string of the molecule is c1ccc(N(c2ccccc2)c2ccccc2-c2cccc3c2[nH]c2ccccc23)cc1. The summed E-state index contributed by atoms with van der Waals surface area (Å²) in [5.74, 6) is 0. The van der Waals surface area contributed by atoms with E-state index < -0.39 is 0 Å². The molecule has 0 bridgehead atoms. The molecule has 2 heteroatoms. The van der Waals surface area contributed by atoms with Crippen LogP contribution >= 0.6 is 0 Å². The lowest BCUT2D eigenvalue weighted by Crippen LogP contribution is -2.10. The van der Waals surface area contributed by atoms with Crippen molar-refractivity contribution in [1.82, 2.24) is 4.98 Å². The van der Waals surface area contributed by atoms with E-state index in [2.05, 4.69) is 137 Å². The highest BCUT2D eigenvalue weighted by Crippen LogP contribution is 2.42. The predicted octanol–water partition coefficient (Wildman–Crippen LogP) is 8.46. The molecule has 1 heterocycles. The van der Waals surface area contributed by atoms with Crippen LogP contribution in [-0.4, -0.2) is 4.98 Å². The lowest BCUT2D eigenvalue weighted by Gasteiger charge is -2.27. The van der Waals surface area contributed by atoms with E-state index in [0.717, 1.165) is 22.6 Å². The Kier molecular flexibility index (Phi) is 4.47. The molecule has 5 aromatic carbocycles. The van der Waals surface area contributed by atoms with Gasteiger partial charge in [0.15, 0.2) is 0 Å². The second kappa shape index (κ2) is 7.75. The fraction of sp³-hybridized carbons (Fsp3) is 0. The van der Waals surface area contributed by atoms with Crippen LogP contribution in [0.1, 0.15) is 0 Å². The van der Waals surface area contributed by atoms with E-state index in [4.69, 9.17) is 0 Å². The highest BCUT2D eigenvalue weighted by atomic mass is 15.1. The molecule has 0 aliphatic carbocycles. The zero-order valence-corrected chi connectivity index (χ0v) is 17.6. The third kappa shape index (κ3) is 3.05. The maximum atomic E-state index is 3.67. The minimum atomic E-state index is 1.13. The average Bonchev–Trinajstić information content (AvgIpc) is 3.25. The molecule has 0 atom stereocenters. The van der Waals surface area contributed by atoms with Gasteiger partial charge < -0.3 is 9.88 Å². The zero-order chi connectivity index (χ0) is 21.3. The molecule has 32 heavy (non-hydrogen) atoms. The van der Waals surface area contributed by atoms with Crippen molar-refractivity contribution in [2.45, 2.75) is 0 Å². The van der Waals surface area contributed by atoms with Crippen LogP contribution in [0, 0.1) is 0 Å². The summed E-state index contributed by atoms with van der Waals surface area (Å²) in [6.45, 7) is 0. The van der Waals surface area contributed by atoms with Crippen molar-refractivity contribution in [3.05, 3.63) is 127 Å². The summed E-state index contributed by atoms with van der Waals surface area (Å²) in [5, 5.41) is 2.50. The molecular weight excluding hydrogens is 388 g/mol. The molecule has 0 fully saturated rings. The van der Waals surface area contributed by atoms with Crippen molar-refractivity contribution in [1.29, 1.82) is 0 Å². The Bertz CT molecular complexity index is 1480. The lowest BCUT2D eigenvalue weighted by molar-refractivity contribution is 1.28. The van der Waals surface area contributed by atoms with Crippen LogP contribution in [-0.2, 0) is 0 Å². The summed E-state index contributed by atoms with van der Waals surface area (Å²) in [4.78, 5) is 6.00. The summed E-state index contributed by atoms with van der Waals surface area (Å²) in [5.41, 5.74) is 8.14. The first kappa shape index (κ1) is 18.5. The first-order chi connectivity index (χ1) is 15.9. The van der Waals surface area contributed by atoms with Crippen LogP contribution in [0.5, 0.6) is 0 Å². The van der Waals surface area contributed by atoms with Gasteiger partial charge in [0.2, 0.25) is 0 Å². The first-order valence-electron chi connectivity index (χ1n) is 10.9. The predicted molar refractivity (Wildman–Crippen MR) is 136 cm³/mol. The lowest BCUT2D eigenvalue weighted by atomic mass is 9.99. The Balaban J connectivity index is 1.63. The summed E-state index contributed by atoms with van der Waals surface area (Å²) in [6, 6.07) is 44.9. The first-order valence-corrected chi connectivity index (χ1v) is 10.9. The minimum Gasteiger partial charge on any atom is -0.354 e. The van der Waals surface area contributed by atoms with Crippen LogP contribution in [0.2, 0.25) is 0 Å². The molecule has 0 aliphatic heterocycles. The standard InChI is InChI=1S/C30H22N2/c1-3-12-22(13-4-1)32(23-14-5-2-6-15-23)29-21-10-8-17-25(29)27-19-11-18-26-24-16-7-9-20-28(24)31-30(26)27/h1-21,31H. The van der Waals surface area contributed by atoms with Gasteiger partial charge in [-0.25, -0.2) is 0 Å². The Hall–Kier alpha value is -4.30. The van der Waals surface area contributed by atoms with Gasteiger partial charge in [-0.1, -0.05) is 91.0 Å². The second-order valence-corrected chi connectivity index (χ2v) is 7.92. The molecule has 0 saturated heterocycles. The third-order valence-corrected chi connectivity index (χ3v) is 6.01. The van der Waals surface area contributed by atoms with Crippen molar-refractivity contribution in [3.8, 4) is 11.1 Å². The monoisotopic (exact) mass is 410 g/mol. The van der Waals surface area contributed by atoms with Gasteiger partial charge in [-0.15, -0.1) is 0 Å². The van der Waals surface area contributed by atoms with E-state index in [0.29, 0.717) is 0 Å². The maximum absolute atomic E-state index is 3.67. The number of fused-ring (bicyclic) bond motifs is 3. The van der Waals surface area contributed by atoms with Gasteiger partial charge in [0.05, 0.1) is 11.2 Å². The van der Waals surface area contributed by atoms with Gasteiger partial charge in [-0.3, -0.25) is 0 Å². The molecule has 0 spiro atoms. The maximum Gasteiger partial charge on any atom is 0.0545 e. The van der Waals surface area contributed by atoms with Crippen molar-refractivity contribution in [2.75, 3.05) is 4.90 Å². The van der Waals surface area contributed by atoms with Crippen molar-refractivity contribution in [3.63, 3.8) is 0 Å². The van der Waals surface area contributed by atoms with E-state index in [1.54, 1.807) is 0 Å². The number of hydrogen-bond donors (Lipinski definition) is 1. The Morgan fingerprint density at radius 3 is 1.75 bits per heavy atom. The van der Waals surface area contributed by atoms with E-state index in [1.165, 1.54) is 27.4 Å². The van der Waals surface area contributed by atoms with E-state index in [1.807, 2.05) is 0 Å². The van der Waals surface area contributed by atoms with Crippen LogP contribution < -0.4 is 4.90 Å². The molecule has 2 nitrogen and oxygen atoms in total. The Morgan fingerprint density at radius 1 is 0.438 bits per heavy atom. The molecule has 0 aliphatic rings. The number of H-pyrrole nitrogens is 1. The zero-order valence-electron chi connectivity index (χ0n) is 17.6. The van der Waals surface area contributed by atoms with E-state index >= 15 is 0 Å². The molecule has 6 aromatic rings. The second-order valence-electron chi connectivity index (χ2n) is 7.92. The van der Waals surface area contributed by atoms with E-state index in [-0.39, 0.29) is 0 Å². The largest absolute Gasteiger partial charge is 0.354 e. The molecule has 6 rings (SSSR count). The van der Waals surface area contributed by atoms with Gasteiger partial charge >= 0.3 is 0 Å². The van der Waals surface area contributed by atoms with E-state index in [9.17, 15) is 0 Å². The number of nitrogens with one attached hydrogen (secondary N) is 1. The summed E-state index contributed by atoms with van der Waals surface area (Å²) >= 11 is 0. The quantitative estimate of drug-likeness (QED) is 0.309. The van der Waals surface area contributed by atoms with Gasteiger partial charge in [0.25, 0.3) is 0 Å². The number of aromatic amines is 1. The molecule has 152 valence electrons. The van der Waals surface area contributed by atoms with Crippen LogP contribution in [0.3, 0.4) is 0 Å². The fourth-order valence-corrected chi connectivity index (χ4v) is 4.58. The van der Waals surface area contributed by atoms with Crippen molar-refractivity contribution >= 4 is 38.9 Å². The molecule has 1 N–H and O–H groups in total. The molecule has 1 aromatic heterocycles. The van der Waals surface area contributed by atoms with Gasteiger partial charge in [-0.05, 0) is 36.4 Å². The number of anilines is 3. The average molecular weight is 411 g/mol. The molecule has 0 unspecified atom stereocenters. The molecule has 0 saturated carbocycles. The van der Waals surface area contributed by atoms with Crippen LogP contribution in [0.25, 0.3) is 32.9 Å². The molecular formula is C30H22N2. The van der Waals surface area contributed by atoms with Crippen molar-refractivity contribution < 1.29 is 0 Å². The highest BCUT2D eigenvalue weighted by Gasteiger charge is 2.18. The number of nitrogens with zero attached hydrogens (tertiary/aromatic N) is 1. The number of benzene rings is 5. The number of para-hydroxylation sites is 5. The minimum absolute atomic E-state index is 1.13. The fourth-order valence-electron chi connectivity index (χ4n) is 4.58. The summed E-state index contributed by atoms with van der Waals surface area (Å²) in [6.07, 6.45) is 0. The van der Waals surface area contributed by atoms with Gasteiger partial charge in [-0.2, -0.15) is 0 Å². The summed E-state index contributed by atoms with van der Waals surface area (Å²) in [7, 11) is 0. The number of aromatic nitrogens is 1. The van der Waals surface area contributed by atoms with Gasteiger partial charge in [0, 0.05) is 38.8 Å². The van der Waals surface area contributed by atoms with Crippen LogP contribution in [0.15, 0.2) is 127 Å². The summed E-state index contributed by atoms with van der Waals surface area (Å²) < 4.78 is 0. The smallest absolute Gasteiger partial charge is 0.0545 e.